The van der Waals surface area contributed by atoms with Gasteiger partial charge in [-0.3, -0.25) is 0 Å². The fourth-order valence-corrected chi connectivity index (χ4v) is 3.06. The Morgan fingerprint density at radius 3 is 2.56 bits per heavy atom. The lowest BCUT2D eigenvalue weighted by atomic mass is 9.67. The Bertz CT molecular complexity index is 186. The van der Waals surface area contributed by atoms with Crippen LogP contribution in [0.15, 0.2) is 0 Å². The van der Waals surface area contributed by atoms with E-state index in [0.717, 1.165) is 11.8 Å². The van der Waals surface area contributed by atoms with Crippen molar-refractivity contribution in [1.82, 2.24) is 5.32 Å². The third kappa shape index (κ3) is 4.45. The lowest BCUT2D eigenvalue weighted by Crippen LogP contribution is -2.32. The van der Waals surface area contributed by atoms with E-state index in [1.54, 1.807) is 0 Å². The Kier molecular flexibility index (Phi) is 5.82. The molecule has 1 aliphatic rings. The largest absolute Gasteiger partial charge is 0.317 e. The van der Waals surface area contributed by atoms with Gasteiger partial charge in [-0.05, 0) is 56.0 Å². The third-order valence-electron chi connectivity index (χ3n) is 4.41. The third-order valence-corrected chi connectivity index (χ3v) is 4.41. The second kappa shape index (κ2) is 6.64. The van der Waals surface area contributed by atoms with Gasteiger partial charge in [-0.2, -0.15) is 0 Å². The van der Waals surface area contributed by atoms with E-state index < -0.39 is 0 Å². The number of nitrogens with one attached hydrogen (secondary N) is 1. The molecule has 0 radical (unpaired) electrons. The molecule has 1 nitrogen and oxygen atoms in total. The quantitative estimate of drug-likeness (QED) is 0.667. The summed E-state index contributed by atoms with van der Waals surface area (Å²) < 4.78 is 0. The van der Waals surface area contributed by atoms with Crippen molar-refractivity contribution in [2.75, 3.05) is 13.1 Å². The summed E-state index contributed by atoms with van der Waals surface area (Å²) in [6.07, 6.45) is 8.43. The maximum absolute atomic E-state index is 3.54. The molecule has 1 N–H and O–H groups in total. The van der Waals surface area contributed by atoms with Crippen LogP contribution in [0.1, 0.15) is 66.2 Å². The van der Waals surface area contributed by atoms with Crippen molar-refractivity contribution in [3.05, 3.63) is 0 Å². The molecule has 1 aliphatic carbocycles. The average Bonchev–Trinajstić information content (AvgIpc) is 2.24. The van der Waals surface area contributed by atoms with E-state index in [0.29, 0.717) is 5.41 Å². The molecule has 0 saturated heterocycles. The molecule has 0 aromatic carbocycles. The molecule has 1 heteroatoms. The molecule has 0 amide bonds. The predicted molar refractivity (Wildman–Crippen MR) is 72.7 cm³/mol. The Balaban J connectivity index is 2.30. The van der Waals surface area contributed by atoms with Crippen molar-refractivity contribution in [2.45, 2.75) is 66.2 Å². The number of rotatable bonds is 6. The predicted octanol–water partition coefficient (Wildman–Crippen LogP) is 4.23. The summed E-state index contributed by atoms with van der Waals surface area (Å²) in [5.74, 6) is 1.92. The second-order valence-corrected chi connectivity index (χ2v) is 6.46. The van der Waals surface area contributed by atoms with Gasteiger partial charge in [0.15, 0.2) is 0 Å². The molecule has 2 unspecified atom stereocenters. The van der Waals surface area contributed by atoms with Gasteiger partial charge >= 0.3 is 0 Å². The maximum Gasteiger partial charge on any atom is -0.00437 e. The molecule has 96 valence electrons. The summed E-state index contributed by atoms with van der Waals surface area (Å²) in [7, 11) is 0. The highest BCUT2D eigenvalue weighted by Crippen LogP contribution is 2.42. The van der Waals surface area contributed by atoms with Crippen LogP contribution in [0.25, 0.3) is 0 Å². The standard InChI is InChI=1S/C15H31N/c1-5-10-16-11-9-15(3,4)14-8-6-7-13(2)12-14/h13-14,16H,5-12H2,1-4H3. The molecule has 1 rings (SSSR count). The van der Waals surface area contributed by atoms with E-state index in [1.165, 1.54) is 51.6 Å². The zero-order chi connectivity index (χ0) is 12.0. The van der Waals surface area contributed by atoms with E-state index >= 15 is 0 Å². The van der Waals surface area contributed by atoms with Crippen LogP contribution in [0, 0.1) is 17.3 Å². The fraction of sp³-hybridized carbons (Fsp3) is 1.00. The molecule has 0 aliphatic heterocycles. The first kappa shape index (κ1) is 14.0. The first-order valence-corrected chi connectivity index (χ1v) is 7.27. The smallest absolute Gasteiger partial charge is 0.00437 e. The normalized spacial score (nSPS) is 27.0. The van der Waals surface area contributed by atoms with Crippen molar-refractivity contribution in [3.8, 4) is 0 Å². The first-order chi connectivity index (χ1) is 7.56. The summed E-state index contributed by atoms with van der Waals surface area (Å²) in [6.45, 7) is 12.0. The molecule has 1 saturated carbocycles. The van der Waals surface area contributed by atoms with Gasteiger partial charge < -0.3 is 5.32 Å². The van der Waals surface area contributed by atoms with Crippen molar-refractivity contribution in [1.29, 1.82) is 0 Å². The number of hydrogen-bond donors (Lipinski definition) is 1. The molecule has 1 fully saturated rings. The zero-order valence-electron chi connectivity index (χ0n) is 11.8. The van der Waals surface area contributed by atoms with Crippen molar-refractivity contribution < 1.29 is 0 Å². The molecule has 16 heavy (non-hydrogen) atoms. The SMILES string of the molecule is CCCNCCC(C)(C)C1CCCC(C)C1. The minimum atomic E-state index is 0.537. The van der Waals surface area contributed by atoms with Crippen molar-refractivity contribution >= 4 is 0 Å². The van der Waals surface area contributed by atoms with Crippen molar-refractivity contribution in [2.24, 2.45) is 17.3 Å². The maximum atomic E-state index is 3.54. The minimum absolute atomic E-state index is 0.537. The highest BCUT2D eigenvalue weighted by molar-refractivity contribution is 4.83. The lowest BCUT2D eigenvalue weighted by Gasteiger charge is -2.39. The van der Waals surface area contributed by atoms with Crippen LogP contribution >= 0.6 is 0 Å². The molecular formula is C15H31N. The highest BCUT2D eigenvalue weighted by atomic mass is 14.8. The summed E-state index contributed by atoms with van der Waals surface area (Å²) in [4.78, 5) is 0. The monoisotopic (exact) mass is 225 g/mol. The Morgan fingerprint density at radius 2 is 1.94 bits per heavy atom. The average molecular weight is 225 g/mol. The van der Waals surface area contributed by atoms with Gasteiger partial charge in [0.2, 0.25) is 0 Å². The Hall–Kier alpha value is -0.0400. The van der Waals surface area contributed by atoms with Crippen LogP contribution in [0.2, 0.25) is 0 Å². The van der Waals surface area contributed by atoms with Crippen molar-refractivity contribution in [3.63, 3.8) is 0 Å². The molecule has 0 aromatic rings. The topological polar surface area (TPSA) is 12.0 Å². The number of hydrogen-bond acceptors (Lipinski definition) is 1. The Labute approximate surface area is 102 Å². The van der Waals surface area contributed by atoms with E-state index in [2.05, 4.69) is 33.0 Å². The van der Waals surface area contributed by atoms with Crippen LogP contribution in [0.4, 0.5) is 0 Å². The first-order valence-electron chi connectivity index (χ1n) is 7.27. The van der Waals surface area contributed by atoms with Crippen LogP contribution in [0.3, 0.4) is 0 Å². The van der Waals surface area contributed by atoms with E-state index in [9.17, 15) is 0 Å². The van der Waals surface area contributed by atoms with Gasteiger partial charge in [-0.15, -0.1) is 0 Å². The van der Waals surface area contributed by atoms with Gasteiger partial charge in [0.05, 0.1) is 0 Å². The molecular weight excluding hydrogens is 194 g/mol. The molecule has 0 aromatic heterocycles. The summed E-state index contributed by atoms with van der Waals surface area (Å²) in [5.41, 5.74) is 0.537. The van der Waals surface area contributed by atoms with Crippen LogP contribution in [-0.4, -0.2) is 13.1 Å². The highest BCUT2D eigenvalue weighted by Gasteiger charge is 2.32. The minimum Gasteiger partial charge on any atom is -0.317 e. The van der Waals surface area contributed by atoms with E-state index in [1.807, 2.05) is 0 Å². The lowest BCUT2D eigenvalue weighted by molar-refractivity contribution is 0.120. The Morgan fingerprint density at radius 1 is 1.19 bits per heavy atom. The van der Waals surface area contributed by atoms with Gasteiger partial charge in [-0.25, -0.2) is 0 Å². The molecule has 2 atom stereocenters. The van der Waals surface area contributed by atoms with Gasteiger partial charge in [0.25, 0.3) is 0 Å². The second-order valence-electron chi connectivity index (χ2n) is 6.46. The van der Waals surface area contributed by atoms with Gasteiger partial charge in [-0.1, -0.05) is 40.5 Å². The summed E-state index contributed by atoms with van der Waals surface area (Å²) in [5, 5.41) is 3.54. The molecule has 0 spiro atoms. The van der Waals surface area contributed by atoms with E-state index in [4.69, 9.17) is 0 Å². The molecule has 0 heterocycles. The summed E-state index contributed by atoms with van der Waals surface area (Å²) >= 11 is 0. The zero-order valence-corrected chi connectivity index (χ0v) is 11.8. The van der Waals surface area contributed by atoms with Crippen LogP contribution < -0.4 is 5.32 Å². The summed E-state index contributed by atoms with van der Waals surface area (Å²) in [6, 6.07) is 0. The molecule has 0 bridgehead atoms. The van der Waals surface area contributed by atoms with Crippen LogP contribution in [-0.2, 0) is 0 Å². The van der Waals surface area contributed by atoms with Gasteiger partial charge in [0, 0.05) is 0 Å². The van der Waals surface area contributed by atoms with E-state index in [-0.39, 0.29) is 0 Å². The van der Waals surface area contributed by atoms with Crippen LogP contribution in [0.5, 0.6) is 0 Å². The van der Waals surface area contributed by atoms with Gasteiger partial charge in [0.1, 0.15) is 0 Å². The fourth-order valence-electron chi connectivity index (χ4n) is 3.06.